The van der Waals surface area contributed by atoms with Gasteiger partial charge < -0.3 is 15.2 Å². The van der Waals surface area contributed by atoms with Crippen LogP contribution in [0.4, 0.5) is 0 Å². The van der Waals surface area contributed by atoms with Crippen LogP contribution in [0.15, 0.2) is 28.8 Å². The number of hydrogen-bond acceptors (Lipinski definition) is 4. The van der Waals surface area contributed by atoms with E-state index in [1.165, 1.54) is 56.9 Å². The van der Waals surface area contributed by atoms with E-state index in [1.54, 1.807) is 0 Å². The molecule has 2 heterocycles. The van der Waals surface area contributed by atoms with E-state index in [2.05, 4.69) is 35.3 Å². The monoisotopic (exact) mass is 397 g/mol. The first-order valence-electron chi connectivity index (χ1n) is 11.2. The van der Waals surface area contributed by atoms with Crippen molar-refractivity contribution in [3.05, 3.63) is 35.7 Å². The molecule has 1 atom stereocenters. The van der Waals surface area contributed by atoms with Gasteiger partial charge in [0, 0.05) is 18.7 Å². The minimum Gasteiger partial charge on any atom is -0.370 e. The molecular weight excluding hydrogens is 362 g/mol. The molecule has 1 aliphatic rings. The lowest BCUT2D eigenvalue weighted by molar-refractivity contribution is 0.354. The van der Waals surface area contributed by atoms with E-state index in [4.69, 9.17) is 15.7 Å². The zero-order valence-electron chi connectivity index (χ0n) is 17.7. The molecule has 1 aromatic carbocycles. The summed E-state index contributed by atoms with van der Waals surface area (Å²) in [6.45, 7) is 3.71. The quantitative estimate of drug-likeness (QED) is 0.312. The Labute approximate surface area is 174 Å². The molecule has 0 bridgehead atoms. The lowest BCUT2D eigenvalue weighted by Gasteiger charge is -2.14. The van der Waals surface area contributed by atoms with Crippen LogP contribution < -0.4 is 5.73 Å². The molecule has 3 N–H and O–H groups in total. The van der Waals surface area contributed by atoms with Gasteiger partial charge in [0.05, 0.1) is 5.92 Å². The second kappa shape index (κ2) is 11.0. The first kappa shape index (κ1) is 21.3. The summed E-state index contributed by atoms with van der Waals surface area (Å²) in [5.74, 6) is 1.57. The number of nitrogens with one attached hydrogen (secondary N) is 1. The maximum atomic E-state index is 7.56. The Balaban J connectivity index is 1.47. The standard InChI is InChI=1S/C23H35N5O/c1-2-3-4-5-6-7-8-9-11-18-12-10-13-19(16-18)21-26-22(29-27-21)20-14-15-28(17-20)23(24)25/h10,12-13,16,20H,2-9,11,14-15,17H2,1H3,(H3,24,25)/t20-/m1/s1. The summed E-state index contributed by atoms with van der Waals surface area (Å²) in [4.78, 5) is 6.47. The van der Waals surface area contributed by atoms with E-state index < -0.39 is 0 Å². The van der Waals surface area contributed by atoms with Gasteiger partial charge in [-0.15, -0.1) is 0 Å². The highest BCUT2D eigenvalue weighted by Crippen LogP contribution is 2.28. The van der Waals surface area contributed by atoms with Crippen LogP contribution in [0.1, 0.15) is 82.1 Å². The Kier molecular flexibility index (Phi) is 8.08. The van der Waals surface area contributed by atoms with E-state index in [0.717, 1.165) is 24.9 Å². The zero-order chi connectivity index (χ0) is 20.5. The van der Waals surface area contributed by atoms with Crippen LogP contribution in [0.2, 0.25) is 0 Å². The molecule has 0 spiro atoms. The highest BCUT2D eigenvalue weighted by atomic mass is 16.5. The summed E-state index contributed by atoms with van der Waals surface area (Å²) < 4.78 is 5.53. The lowest BCUT2D eigenvalue weighted by atomic mass is 10.0. The van der Waals surface area contributed by atoms with Crippen LogP contribution in [-0.2, 0) is 6.42 Å². The SMILES string of the molecule is CCCCCCCCCCc1cccc(-c2noc([C@@H]3CCN(C(=N)N)C3)n2)c1. The number of likely N-dealkylation sites (tertiary alicyclic amines) is 1. The predicted molar refractivity (Wildman–Crippen MR) is 117 cm³/mol. The van der Waals surface area contributed by atoms with Crippen molar-refractivity contribution in [2.75, 3.05) is 13.1 Å². The topological polar surface area (TPSA) is 92.0 Å². The molecule has 158 valence electrons. The molecule has 1 aliphatic heterocycles. The van der Waals surface area contributed by atoms with Crippen LogP contribution in [0, 0.1) is 5.41 Å². The second-order valence-electron chi connectivity index (χ2n) is 8.20. The maximum absolute atomic E-state index is 7.56. The van der Waals surface area contributed by atoms with Gasteiger partial charge in [0.15, 0.2) is 5.96 Å². The summed E-state index contributed by atoms with van der Waals surface area (Å²) in [5, 5.41) is 11.8. The summed E-state index contributed by atoms with van der Waals surface area (Å²) in [6.07, 6.45) is 12.7. The number of unbranched alkanes of at least 4 members (excludes halogenated alkanes) is 7. The molecule has 6 heteroatoms. The first-order valence-corrected chi connectivity index (χ1v) is 11.2. The van der Waals surface area contributed by atoms with Gasteiger partial charge in [-0.05, 0) is 30.9 Å². The van der Waals surface area contributed by atoms with Crippen molar-refractivity contribution in [2.24, 2.45) is 5.73 Å². The van der Waals surface area contributed by atoms with E-state index in [9.17, 15) is 0 Å². The smallest absolute Gasteiger partial charge is 0.231 e. The van der Waals surface area contributed by atoms with E-state index in [1.807, 2.05) is 11.0 Å². The molecule has 1 aromatic heterocycles. The number of benzene rings is 1. The van der Waals surface area contributed by atoms with Gasteiger partial charge in [0.25, 0.3) is 0 Å². The van der Waals surface area contributed by atoms with Crippen LogP contribution in [0.25, 0.3) is 11.4 Å². The van der Waals surface area contributed by atoms with Crippen molar-refractivity contribution in [3.8, 4) is 11.4 Å². The van der Waals surface area contributed by atoms with Crippen LogP contribution >= 0.6 is 0 Å². The summed E-state index contributed by atoms with van der Waals surface area (Å²) in [5.41, 5.74) is 7.93. The third kappa shape index (κ3) is 6.31. The Morgan fingerprint density at radius 2 is 1.93 bits per heavy atom. The van der Waals surface area contributed by atoms with Crippen molar-refractivity contribution in [3.63, 3.8) is 0 Å². The Bertz CT molecular complexity index is 772. The second-order valence-corrected chi connectivity index (χ2v) is 8.20. The average molecular weight is 398 g/mol. The highest BCUT2D eigenvalue weighted by Gasteiger charge is 2.29. The van der Waals surface area contributed by atoms with Gasteiger partial charge in [-0.3, -0.25) is 5.41 Å². The van der Waals surface area contributed by atoms with Crippen molar-refractivity contribution in [1.29, 1.82) is 5.41 Å². The van der Waals surface area contributed by atoms with Crippen molar-refractivity contribution in [1.82, 2.24) is 15.0 Å². The van der Waals surface area contributed by atoms with Gasteiger partial charge in [0.1, 0.15) is 0 Å². The molecule has 0 radical (unpaired) electrons. The zero-order valence-corrected chi connectivity index (χ0v) is 17.7. The molecule has 3 rings (SSSR count). The molecule has 2 aromatic rings. The normalized spacial score (nSPS) is 16.4. The number of rotatable bonds is 11. The fourth-order valence-electron chi connectivity index (χ4n) is 4.03. The number of hydrogen-bond donors (Lipinski definition) is 2. The third-order valence-electron chi connectivity index (χ3n) is 5.82. The third-order valence-corrected chi connectivity index (χ3v) is 5.82. The number of aromatic nitrogens is 2. The fourth-order valence-corrected chi connectivity index (χ4v) is 4.03. The van der Waals surface area contributed by atoms with Gasteiger partial charge in [0.2, 0.25) is 11.7 Å². The first-order chi connectivity index (χ1) is 14.2. The average Bonchev–Trinajstić information content (AvgIpc) is 3.40. The molecule has 1 fully saturated rings. The van der Waals surface area contributed by atoms with Crippen molar-refractivity contribution in [2.45, 2.75) is 77.0 Å². The molecule has 0 unspecified atom stereocenters. The summed E-state index contributed by atoms with van der Waals surface area (Å²) in [7, 11) is 0. The largest absolute Gasteiger partial charge is 0.370 e. The van der Waals surface area contributed by atoms with Gasteiger partial charge >= 0.3 is 0 Å². The van der Waals surface area contributed by atoms with E-state index in [-0.39, 0.29) is 11.9 Å². The van der Waals surface area contributed by atoms with Crippen LogP contribution in [-0.4, -0.2) is 34.1 Å². The van der Waals surface area contributed by atoms with Gasteiger partial charge in [-0.2, -0.15) is 4.98 Å². The number of aryl methyl sites for hydroxylation is 1. The van der Waals surface area contributed by atoms with Gasteiger partial charge in [-0.25, -0.2) is 0 Å². The maximum Gasteiger partial charge on any atom is 0.231 e. The Morgan fingerprint density at radius 3 is 2.66 bits per heavy atom. The molecule has 0 aliphatic carbocycles. The highest BCUT2D eigenvalue weighted by molar-refractivity contribution is 5.75. The molecule has 29 heavy (non-hydrogen) atoms. The minimum absolute atomic E-state index is 0.112. The minimum atomic E-state index is 0.112. The van der Waals surface area contributed by atoms with Crippen LogP contribution in [0.5, 0.6) is 0 Å². The lowest BCUT2D eigenvalue weighted by Crippen LogP contribution is -2.34. The Hall–Kier alpha value is -2.37. The number of guanidine groups is 1. The Morgan fingerprint density at radius 1 is 1.17 bits per heavy atom. The van der Waals surface area contributed by atoms with Crippen molar-refractivity contribution >= 4 is 5.96 Å². The fraction of sp³-hybridized carbons (Fsp3) is 0.609. The molecule has 0 amide bonds. The summed E-state index contributed by atoms with van der Waals surface area (Å²) in [6, 6.07) is 8.50. The van der Waals surface area contributed by atoms with Crippen LogP contribution in [0.3, 0.4) is 0 Å². The molecular formula is C23H35N5O. The number of nitrogens with zero attached hydrogens (tertiary/aromatic N) is 3. The van der Waals surface area contributed by atoms with E-state index in [0.29, 0.717) is 18.3 Å². The van der Waals surface area contributed by atoms with E-state index >= 15 is 0 Å². The molecule has 1 saturated heterocycles. The predicted octanol–water partition coefficient (Wildman–Crippen LogP) is 5.10. The van der Waals surface area contributed by atoms with Crippen molar-refractivity contribution < 1.29 is 4.52 Å². The van der Waals surface area contributed by atoms with Gasteiger partial charge in [-0.1, -0.05) is 75.2 Å². The number of nitrogens with two attached hydrogens (primary N) is 1. The molecule has 0 saturated carbocycles. The molecule has 6 nitrogen and oxygen atoms in total. The summed E-state index contributed by atoms with van der Waals surface area (Å²) >= 11 is 0.